The molecule has 4 heterocycles. The van der Waals surface area contributed by atoms with Crippen molar-refractivity contribution in [3.63, 3.8) is 0 Å². The summed E-state index contributed by atoms with van der Waals surface area (Å²) in [4.78, 5) is 24.5. The monoisotopic (exact) mass is 418 g/mol. The molecule has 1 aromatic heterocycles. The normalized spacial score (nSPS) is 22.7. The number of piperidine rings is 2. The highest BCUT2D eigenvalue weighted by Gasteiger charge is 2.28. The number of nitrogens with zero attached hydrogens (tertiary/aromatic N) is 4. The largest absolute Gasteiger partial charge is 0.379 e. The summed E-state index contributed by atoms with van der Waals surface area (Å²) in [6, 6.07) is 4.61. The molecule has 3 aliphatic rings. The third-order valence-corrected chi connectivity index (χ3v) is 7.33. The zero-order valence-electron chi connectivity index (χ0n) is 17.4. The quantitative estimate of drug-likeness (QED) is 0.662. The van der Waals surface area contributed by atoms with E-state index in [2.05, 4.69) is 14.8 Å². The van der Waals surface area contributed by atoms with Crippen LogP contribution in [-0.4, -0.2) is 96.4 Å². The number of morpholine rings is 1. The van der Waals surface area contributed by atoms with Gasteiger partial charge in [-0.3, -0.25) is 9.69 Å². The van der Waals surface area contributed by atoms with Crippen molar-refractivity contribution in [3.05, 3.63) is 23.9 Å². The van der Waals surface area contributed by atoms with Crippen LogP contribution in [0, 0.1) is 0 Å². The van der Waals surface area contributed by atoms with E-state index in [0.29, 0.717) is 6.04 Å². The summed E-state index contributed by atoms with van der Waals surface area (Å²) in [7, 11) is 0. The van der Waals surface area contributed by atoms with Crippen molar-refractivity contribution in [2.24, 2.45) is 0 Å². The predicted molar refractivity (Wildman–Crippen MR) is 117 cm³/mol. The zero-order valence-corrected chi connectivity index (χ0v) is 18.2. The Bertz CT molecular complexity index is 637. The molecular weight excluding hydrogens is 384 g/mol. The zero-order chi connectivity index (χ0) is 19.9. The van der Waals surface area contributed by atoms with Crippen molar-refractivity contribution in [2.75, 3.05) is 64.8 Å². The van der Waals surface area contributed by atoms with Crippen molar-refractivity contribution >= 4 is 17.7 Å². The highest BCUT2D eigenvalue weighted by molar-refractivity contribution is 7.99. The van der Waals surface area contributed by atoms with Gasteiger partial charge in [0, 0.05) is 50.7 Å². The van der Waals surface area contributed by atoms with Gasteiger partial charge in [-0.1, -0.05) is 6.42 Å². The van der Waals surface area contributed by atoms with Gasteiger partial charge in [0.1, 0.15) is 0 Å². The van der Waals surface area contributed by atoms with Crippen molar-refractivity contribution in [1.29, 1.82) is 0 Å². The van der Waals surface area contributed by atoms with Crippen LogP contribution in [-0.2, 0) is 4.74 Å². The third kappa shape index (κ3) is 5.94. The lowest BCUT2D eigenvalue weighted by Crippen LogP contribution is -2.48. The van der Waals surface area contributed by atoms with Crippen molar-refractivity contribution < 1.29 is 9.53 Å². The van der Waals surface area contributed by atoms with E-state index >= 15 is 0 Å². The Hall–Kier alpha value is -1.15. The minimum atomic E-state index is 0.138. The van der Waals surface area contributed by atoms with Gasteiger partial charge in [-0.2, -0.15) is 0 Å². The molecule has 3 saturated heterocycles. The van der Waals surface area contributed by atoms with Crippen LogP contribution in [0.25, 0.3) is 0 Å². The van der Waals surface area contributed by atoms with Gasteiger partial charge in [-0.15, -0.1) is 11.8 Å². The van der Waals surface area contributed by atoms with Gasteiger partial charge in [-0.05, 0) is 50.9 Å². The molecular formula is C22H34N4O2S. The number of carbonyl (C=O) groups is 1. The maximum Gasteiger partial charge on any atom is 0.255 e. The molecule has 160 valence electrons. The Kier molecular flexibility index (Phi) is 7.82. The second-order valence-corrected chi connectivity index (χ2v) is 9.42. The van der Waals surface area contributed by atoms with Crippen LogP contribution in [0.4, 0.5) is 0 Å². The second-order valence-electron chi connectivity index (χ2n) is 8.31. The molecule has 3 fully saturated rings. The van der Waals surface area contributed by atoms with E-state index in [4.69, 9.17) is 4.74 Å². The number of pyridine rings is 1. The first-order chi connectivity index (χ1) is 14.3. The first-order valence-electron chi connectivity index (χ1n) is 11.2. The number of rotatable bonds is 6. The summed E-state index contributed by atoms with van der Waals surface area (Å²) in [5.41, 5.74) is 0.721. The van der Waals surface area contributed by atoms with Crippen LogP contribution in [0.15, 0.2) is 23.4 Å². The molecule has 4 rings (SSSR count). The molecule has 0 spiro atoms. The average molecular weight is 419 g/mol. The summed E-state index contributed by atoms with van der Waals surface area (Å²) in [6.07, 6.45) is 8.02. The summed E-state index contributed by atoms with van der Waals surface area (Å²) in [5, 5.41) is 0.999. The van der Waals surface area contributed by atoms with Crippen LogP contribution in [0.5, 0.6) is 0 Å². The van der Waals surface area contributed by atoms with E-state index in [1.54, 1.807) is 18.0 Å². The molecule has 7 heteroatoms. The highest BCUT2D eigenvalue weighted by atomic mass is 32.2. The fourth-order valence-electron chi connectivity index (χ4n) is 4.60. The second kappa shape index (κ2) is 10.8. The number of carbonyl (C=O) groups excluding carboxylic acids is 1. The van der Waals surface area contributed by atoms with E-state index in [9.17, 15) is 4.79 Å². The van der Waals surface area contributed by atoms with Crippen LogP contribution in [0.2, 0.25) is 0 Å². The number of amides is 1. The fraction of sp³-hybridized carbons (Fsp3) is 0.727. The fourth-order valence-corrected chi connectivity index (χ4v) is 5.45. The first-order valence-corrected chi connectivity index (χ1v) is 12.2. The number of likely N-dealkylation sites (tertiary alicyclic amines) is 2. The van der Waals surface area contributed by atoms with Gasteiger partial charge < -0.3 is 14.5 Å². The first kappa shape index (κ1) is 21.1. The van der Waals surface area contributed by atoms with Crippen LogP contribution >= 0.6 is 11.8 Å². The molecule has 6 nitrogen and oxygen atoms in total. The number of hydrogen-bond donors (Lipinski definition) is 0. The van der Waals surface area contributed by atoms with Crippen molar-refractivity contribution in [1.82, 2.24) is 19.7 Å². The smallest absolute Gasteiger partial charge is 0.255 e. The van der Waals surface area contributed by atoms with E-state index in [1.807, 2.05) is 17.0 Å². The average Bonchev–Trinajstić information content (AvgIpc) is 2.80. The number of ether oxygens (including phenoxy) is 1. The van der Waals surface area contributed by atoms with Crippen LogP contribution in [0.1, 0.15) is 42.5 Å². The SMILES string of the molecule is O=C(c1ccc(SCCN2CCOCC2)nc1)N1CCC(N2CCCCC2)CC1. The molecule has 0 N–H and O–H groups in total. The molecule has 0 aromatic carbocycles. The van der Waals surface area contributed by atoms with Crippen LogP contribution < -0.4 is 0 Å². The maximum atomic E-state index is 12.9. The lowest BCUT2D eigenvalue weighted by Gasteiger charge is -2.40. The number of aromatic nitrogens is 1. The van der Waals surface area contributed by atoms with E-state index in [0.717, 1.165) is 75.1 Å². The van der Waals surface area contributed by atoms with Crippen LogP contribution in [0.3, 0.4) is 0 Å². The van der Waals surface area contributed by atoms with E-state index in [-0.39, 0.29) is 5.91 Å². The Morgan fingerprint density at radius 3 is 2.48 bits per heavy atom. The van der Waals surface area contributed by atoms with Gasteiger partial charge >= 0.3 is 0 Å². The summed E-state index contributed by atoms with van der Waals surface area (Å²) in [6.45, 7) is 9.02. The van der Waals surface area contributed by atoms with Gasteiger partial charge in [0.2, 0.25) is 0 Å². The minimum absolute atomic E-state index is 0.138. The van der Waals surface area contributed by atoms with Crippen molar-refractivity contribution in [2.45, 2.75) is 43.2 Å². The van der Waals surface area contributed by atoms with E-state index < -0.39 is 0 Å². The molecule has 29 heavy (non-hydrogen) atoms. The molecule has 1 amide bonds. The topological polar surface area (TPSA) is 48.9 Å². The summed E-state index contributed by atoms with van der Waals surface area (Å²) >= 11 is 1.76. The maximum absolute atomic E-state index is 12.9. The van der Waals surface area contributed by atoms with Gasteiger partial charge in [0.05, 0.1) is 23.8 Å². The molecule has 0 atom stereocenters. The van der Waals surface area contributed by atoms with Gasteiger partial charge in [0.15, 0.2) is 0 Å². The molecule has 0 bridgehead atoms. The lowest BCUT2D eigenvalue weighted by atomic mass is 9.99. The Morgan fingerprint density at radius 2 is 1.79 bits per heavy atom. The minimum Gasteiger partial charge on any atom is -0.379 e. The molecule has 1 aromatic rings. The summed E-state index contributed by atoms with van der Waals surface area (Å²) < 4.78 is 5.39. The number of thioether (sulfide) groups is 1. The van der Waals surface area contributed by atoms with Gasteiger partial charge in [-0.25, -0.2) is 4.98 Å². The van der Waals surface area contributed by atoms with E-state index in [1.165, 1.54) is 32.4 Å². The standard InChI is InChI=1S/C22H34N4O2S/c27-22(26-10-6-20(7-11-26)25-8-2-1-3-9-25)19-4-5-21(23-18-19)29-17-14-24-12-15-28-16-13-24/h4-5,18,20H,1-3,6-17H2. The molecule has 0 aliphatic carbocycles. The molecule has 0 saturated carbocycles. The molecule has 3 aliphatic heterocycles. The molecule has 0 radical (unpaired) electrons. The van der Waals surface area contributed by atoms with Crippen molar-refractivity contribution in [3.8, 4) is 0 Å². The third-order valence-electron chi connectivity index (χ3n) is 6.40. The molecule has 0 unspecified atom stereocenters. The lowest BCUT2D eigenvalue weighted by molar-refractivity contribution is 0.0410. The number of hydrogen-bond acceptors (Lipinski definition) is 6. The highest BCUT2D eigenvalue weighted by Crippen LogP contribution is 2.22. The van der Waals surface area contributed by atoms with Gasteiger partial charge in [0.25, 0.3) is 5.91 Å². The Morgan fingerprint density at radius 1 is 1.03 bits per heavy atom. The Labute approximate surface area is 179 Å². The summed E-state index contributed by atoms with van der Waals surface area (Å²) in [5.74, 6) is 1.16. The predicted octanol–water partition coefficient (Wildman–Crippen LogP) is 2.60. The Balaban J connectivity index is 1.21.